The molecule has 2 N–H and O–H groups in total. The van der Waals surface area contributed by atoms with Gasteiger partial charge in [0.2, 0.25) is 5.91 Å². The molecule has 0 spiro atoms. The average Bonchev–Trinajstić information content (AvgIpc) is 2.16. The summed E-state index contributed by atoms with van der Waals surface area (Å²) in [5, 5.41) is 11.2. The number of hydrogen-bond acceptors (Lipinski definition) is 4. The van der Waals surface area contributed by atoms with Gasteiger partial charge in [-0.25, -0.2) is 4.79 Å². The van der Waals surface area contributed by atoms with E-state index < -0.39 is 12.0 Å². The Labute approximate surface area is 93.2 Å². The maximum absolute atomic E-state index is 10.9. The highest BCUT2D eigenvalue weighted by Crippen LogP contribution is 2.04. The first-order chi connectivity index (χ1) is 6.61. The van der Waals surface area contributed by atoms with Gasteiger partial charge in [-0.3, -0.25) is 4.79 Å². The first-order valence-electron chi connectivity index (χ1n) is 4.32. The van der Waals surface area contributed by atoms with Crippen molar-refractivity contribution in [3.63, 3.8) is 0 Å². The summed E-state index contributed by atoms with van der Waals surface area (Å²) in [4.78, 5) is 21.6. The second-order valence-electron chi connectivity index (χ2n) is 2.60. The third kappa shape index (κ3) is 6.15. The molecule has 0 saturated heterocycles. The Morgan fingerprint density at radius 3 is 2.64 bits per heavy atom. The first-order valence-corrected chi connectivity index (χ1v) is 6.11. The van der Waals surface area contributed by atoms with Gasteiger partial charge in [0.25, 0.3) is 0 Å². The number of rotatable bonds is 7. The quantitative estimate of drug-likeness (QED) is 0.449. The van der Waals surface area contributed by atoms with Gasteiger partial charge in [0, 0.05) is 0 Å². The van der Waals surface area contributed by atoms with Crippen LogP contribution in [-0.4, -0.2) is 40.3 Å². The van der Waals surface area contributed by atoms with E-state index >= 15 is 0 Å². The van der Waals surface area contributed by atoms with E-state index in [4.69, 9.17) is 5.11 Å². The zero-order valence-corrected chi connectivity index (χ0v) is 9.74. The molecule has 4 nitrogen and oxygen atoms in total. The molecule has 0 aliphatic heterocycles. The Bertz CT molecular complexity index is 199. The van der Waals surface area contributed by atoms with Gasteiger partial charge in [0.15, 0.2) is 0 Å². The maximum atomic E-state index is 10.9. The fourth-order valence-electron chi connectivity index (χ4n) is 0.843. The third-order valence-corrected chi connectivity index (χ3v) is 2.75. The molecule has 0 aliphatic carbocycles. The van der Waals surface area contributed by atoms with E-state index in [0.29, 0.717) is 6.42 Å². The largest absolute Gasteiger partial charge is 0.480 e. The Hall–Kier alpha value is -0.360. The molecule has 0 rings (SSSR count). The zero-order valence-electron chi connectivity index (χ0n) is 8.02. The Morgan fingerprint density at radius 1 is 1.57 bits per heavy atom. The SMILES string of the molecule is CCSCCC(NC(=O)CS)C(=O)O. The molecular formula is C8H15NO3S2. The molecule has 0 aromatic carbocycles. The second kappa shape index (κ2) is 7.99. The summed E-state index contributed by atoms with van der Waals surface area (Å²) in [5.41, 5.74) is 0. The smallest absolute Gasteiger partial charge is 0.326 e. The Kier molecular flexibility index (Phi) is 7.78. The summed E-state index contributed by atoms with van der Waals surface area (Å²) >= 11 is 5.41. The van der Waals surface area contributed by atoms with Gasteiger partial charge < -0.3 is 10.4 Å². The van der Waals surface area contributed by atoms with Gasteiger partial charge in [-0.05, 0) is 17.9 Å². The lowest BCUT2D eigenvalue weighted by molar-refractivity contribution is -0.141. The second-order valence-corrected chi connectivity index (χ2v) is 4.31. The summed E-state index contributed by atoms with van der Waals surface area (Å²) in [6.07, 6.45) is 0.452. The summed E-state index contributed by atoms with van der Waals surface area (Å²) in [6.45, 7) is 2.01. The summed E-state index contributed by atoms with van der Waals surface area (Å²) in [5.74, 6) is 0.372. The molecular weight excluding hydrogens is 222 g/mol. The third-order valence-electron chi connectivity index (χ3n) is 1.53. The highest BCUT2D eigenvalue weighted by molar-refractivity contribution is 7.99. The highest BCUT2D eigenvalue weighted by atomic mass is 32.2. The number of carboxylic acid groups (broad SMARTS) is 1. The molecule has 0 heterocycles. The van der Waals surface area contributed by atoms with Crippen molar-refractivity contribution >= 4 is 36.3 Å². The number of carbonyl (C=O) groups excluding carboxylic acids is 1. The number of carboxylic acids is 1. The van der Waals surface area contributed by atoms with Gasteiger partial charge in [-0.15, -0.1) is 0 Å². The van der Waals surface area contributed by atoms with Crippen molar-refractivity contribution in [1.29, 1.82) is 0 Å². The van der Waals surface area contributed by atoms with Crippen molar-refractivity contribution in [2.24, 2.45) is 0 Å². The van der Waals surface area contributed by atoms with Crippen molar-refractivity contribution in [3.05, 3.63) is 0 Å². The number of carbonyl (C=O) groups is 2. The normalized spacial score (nSPS) is 12.1. The lowest BCUT2D eigenvalue weighted by Crippen LogP contribution is -2.41. The number of nitrogens with one attached hydrogen (secondary N) is 1. The van der Waals surface area contributed by atoms with Crippen molar-refractivity contribution in [3.8, 4) is 0 Å². The lowest BCUT2D eigenvalue weighted by atomic mass is 10.2. The summed E-state index contributed by atoms with van der Waals surface area (Å²) < 4.78 is 0. The van der Waals surface area contributed by atoms with Crippen LogP contribution in [0.2, 0.25) is 0 Å². The van der Waals surface area contributed by atoms with Crippen molar-refractivity contribution in [2.45, 2.75) is 19.4 Å². The van der Waals surface area contributed by atoms with Gasteiger partial charge >= 0.3 is 5.97 Å². The molecule has 1 unspecified atom stereocenters. The van der Waals surface area contributed by atoms with Crippen molar-refractivity contribution in [1.82, 2.24) is 5.32 Å². The van der Waals surface area contributed by atoms with Crippen LogP contribution in [0, 0.1) is 0 Å². The predicted octanol–water partition coefficient (Wildman–Crippen LogP) is 0.629. The number of amides is 1. The minimum atomic E-state index is -0.989. The molecule has 0 aliphatic rings. The molecule has 1 amide bonds. The minimum Gasteiger partial charge on any atom is -0.480 e. The van der Waals surface area contributed by atoms with Gasteiger partial charge in [0.05, 0.1) is 5.75 Å². The average molecular weight is 237 g/mol. The monoisotopic (exact) mass is 237 g/mol. The first kappa shape index (κ1) is 13.6. The fourth-order valence-corrected chi connectivity index (χ4v) is 1.63. The molecule has 0 aromatic rings. The van der Waals surface area contributed by atoms with Gasteiger partial charge in [-0.1, -0.05) is 6.92 Å². The van der Waals surface area contributed by atoms with Crippen LogP contribution in [0.3, 0.4) is 0 Å². The van der Waals surface area contributed by atoms with Crippen LogP contribution < -0.4 is 5.32 Å². The summed E-state index contributed by atoms with van der Waals surface area (Å²) in [7, 11) is 0. The van der Waals surface area contributed by atoms with E-state index in [9.17, 15) is 9.59 Å². The fraction of sp³-hybridized carbons (Fsp3) is 0.750. The highest BCUT2D eigenvalue weighted by Gasteiger charge is 2.18. The van der Waals surface area contributed by atoms with Gasteiger partial charge in [0.1, 0.15) is 6.04 Å². The Balaban J connectivity index is 3.90. The van der Waals surface area contributed by atoms with E-state index in [1.54, 1.807) is 11.8 Å². The van der Waals surface area contributed by atoms with Gasteiger partial charge in [-0.2, -0.15) is 24.4 Å². The molecule has 0 aromatic heterocycles. The molecule has 82 valence electrons. The van der Waals surface area contributed by atoms with Crippen LogP contribution in [-0.2, 0) is 9.59 Å². The molecule has 6 heteroatoms. The number of hydrogen-bond donors (Lipinski definition) is 3. The zero-order chi connectivity index (χ0) is 11.0. The van der Waals surface area contributed by atoms with Crippen LogP contribution in [0.4, 0.5) is 0 Å². The molecule has 0 bridgehead atoms. The molecule has 14 heavy (non-hydrogen) atoms. The van der Waals surface area contributed by atoms with Crippen LogP contribution in [0.1, 0.15) is 13.3 Å². The van der Waals surface area contributed by atoms with Crippen molar-refractivity contribution in [2.75, 3.05) is 17.3 Å². The van der Waals surface area contributed by atoms with Crippen LogP contribution >= 0.6 is 24.4 Å². The van der Waals surface area contributed by atoms with Crippen LogP contribution in [0.15, 0.2) is 0 Å². The molecule has 0 saturated carbocycles. The molecule has 0 radical (unpaired) electrons. The van der Waals surface area contributed by atoms with E-state index in [1.165, 1.54) is 0 Å². The number of thioether (sulfide) groups is 1. The van der Waals surface area contributed by atoms with E-state index in [0.717, 1.165) is 11.5 Å². The maximum Gasteiger partial charge on any atom is 0.326 e. The minimum absolute atomic E-state index is 0.0186. The molecule has 0 fully saturated rings. The Morgan fingerprint density at radius 2 is 2.21 bits per heavy atom. The molecule has 1 atom stereocenters. The topological polar surface area (TPSA) is 66.4 Å². The summed E-state index contributed by atoms with van der Waals surface area (Å²) in [6, 6.07) is -0.784. The number of thiol groups is 1. The van der Waals surface area contributed by atoms with Crippen molar-refractivity contribution < 1.29 is 14.7 Å². The predicted molar refractivity (Wildman–Crippen MR) is 61.0 cm³/mol. The number of aliphatic carboxylic acids is 1. The van der Waals surface area contributed by atoms with Crippen LogP contribution in [0.5, 0.6) is 0 Å². The lowest BCUT2D eigenvalue weighted by Gasteiger charge is -2.12. The van der Waals surface area contributed by atoms with E-state index in [-0.39, 0.29) is 11.7 Å². The standard InChI is InChI=1S/C8H15NO3S2/c1-2-14-4-3-6(8(11)12)9-7(10)5-13/h6,13H,2-5H2,1H3,(H,9,10)(H,11,12). The van der Waals surface area contributed by atoms with E-state index in [2.05, 4.69) is 17.9 Å². The van der Waals surface area contributed by atoms with E-state index in [1.807, 2.05) is 6.92 Å². The van der Waals surface area contributed by atoms with Crippen LogP contribution in [0.25, 0.3) is 0 Å².